The molecule has 1 aromatic carbocycles. The smallest absolute Gasteiger partial charge is 0.353 e. The van der Waals surface area contributed by atoms with Crippen LogP contribution >= 0.6 is 0 Å². The third-order valence-electron chi connectivity index (χ3n) is 3.15. The Morgan fingerprint density at radius 1 is 1.24 bits per heavy atom. The van der Waals surface area contributed by atoms with E-state index in [1.54, 1.807) is 0 Å². The molecule has 0 spiro atoms. The number of halogens is 3. The zero-order chi connectivity index (χ0) is 15.8. The fourth-order valence-corrected chi connectivity index (χ4v) is 3.20. The summed E-state index contributed by atoms with van der Waals surface area (Å²) in [5.41, 5.74) is -0.654. The molecule has 1 heterocycles. The molecule has 116 valence electrons. The predicted molar refractivity (Wildman–Crippen MR) is 68.7 cm³/mol. The largest absolute Gasteiger partial charge is 0.416 e. The van der Waals surface area contributed by atoms with Crippen molar-refractivity contribution >= 4 is 15.9 Å². The normalized spacial score (nSPS) is 21.1. The summed E-state index contributed by atoms with van der Waals surface area (Å²) < 4.78 is 62.0. The van der Waals surface area contributed by atoms with E-state index in [1.165, 1.54) is 0 Å². The number of rotatable bonds is 2. The quantitative estimate of drug-likeness (QED) is 0.888. The monoisotopic (exact) mass is 322 g/mol. The van der Waals surface area contributed by atoms with Gasteiger partial charge in [-0.25, -0.2) is 8.42 Å². The number of benzene rings is 1. The van der Waals surface area contributed by atoms with Crippen LogP contribution in [0.2, 0.25) is 0 Å². The Balaban J connectivity index is 2.39. The van der Waals surface area contributed by atoms with Crippen molar-refractivity contribution in [1.82, 2.24) is 9.62 Å². The van der Waals surface area contributed by atoms with Gasteiger partial charge in [0, 0.05) is 13.1 Å². The molecule has 5 nitrogen and oxygen atoms in total. The van der Waals surface area contributed by atoms with Gasteiger partial charge in [-0.15, -0.1) is 0 Å². The molecule has 2 rings (SSSR count). The second-order valence-corrected chi connectivity index (χ2v) is 6.62. The topological polar surface area (TPSA) is 66.5 Å². The lowest BCUT2D eigenvalue weighted by molar-refractivity contribution is -0.137. The number of carbonyl (C=O) groups excluding carboxylic acids is 1. The van der Waals surface area contributed by atoms with Gasteiger partial charge in [0.25, 0.3) is 0 Å². The molecule has 21 heavy (non-hydrogen) atoms. The average molecular weight is 322 g/mol. The van der Waals surface area contributed by atoms with Gasteiger partial charge in [-0.05, 0) is 17.7 Å². The van der Waals surface area contributed by atoms with E-state index in [4.69, 9.17) is 0 Å². The van der Waals surface area contributed by atoms with Gasteiger partial charge in [-0.1, -0.05) is 12.1 Å². The molecule has 1 saturated heterocycles. The molecular formula is C12H13F3N2O3S. The minimum Gasteiger partial charge on any atom is -0.353 e. The maximum Gasteiger partial charge on any atom is 0.416 e. The molecular weight excluding hydrogens is 309 g/mol. The Labute approximate surface area is 119 Å². The van der Waals surface area contributed by atoms with Crippen LogP contribution in [0.4, 0.5) is 13.2 Å². The van der Waals surface area contributed by atoms with Crippen molar-refractivity contribution in [1.29, 1.82) is 0 Å². The van der Waals surface area contributed by atoms with Crippen molar-refractivity contribution in [3.63, 3.8) is 0 Å². The summed E-state index contributed by atoms with van der Waals surface area (Å²) >= 11 is 0. The number of carbonyl (C=O) groups is 1. The maximum absolute atomic E-state index is 12.5. The van der Waals surface area contributed by atoms with Crippen molar-refractivity contribution in [3.05, 3.63) is 35.4 Å². The van der Waals surface area contributed by atoms with Crippen LogP contribution in [0.25, 0.3) is 0 Å². The van der Waals surface area contributed by atoms with Crippen LogP contribution in [-0.4, -0.2) is 38.0 Å². The fraction of sp³-hybridized carbons (Fsp3) is 0.417. The molecule has 1 N–H and O–H groups in total. The Morgan fingerprint density at radius 2 is 1.81 bits per heavy atom. The lowest BCUT2D eigenvalue weighted by atomic mass is 10.0. The Hall–Kier alpha value is -1.61. The summed E-state index contributed by atoms with van der Waals surface area (Å²) in [5, 5.41) is 2.51. The molecule has 1 atom stereocenters. The number of nitrogens with one attached hydrogen (secondary N) is 1. The molecule has 0 radical (unpaired) electrons. The standard InChI is InChI=1S/C12H13F3N2O3S/c1-21(19,20)17-7-6-16-11(18)10(17)8-2-4-9(5-3-8)12(13,14)15/h2-5,10H,6-7H2,1H3,(H,16,18). The first kappa shape index (κ1) is 15.8. The van der Waals surface area contributed by atoms with Crippen LogP contribution in [0.5, 0.6) is 0 Å². The molecule has 1 amide bonds. The average Bonchev–Trinajstić information content (AvgIpc) is 2.36. The number of alkyl halides is 3. The summed E-state index contributed by atoms with van der Waals surface area (Å²) in [6.45, 7) is 0.249. The minimum atomic E-state index is -4.48. The Morgan fingerprint density at radius 3 is 2.29 bits per heavy atom. The van der Waals surface area contributed by atoms with E-state index in [2.05, 4.69) is 5.32 Å². The van der Waals surface area contributed by atoms with Crippen molar-refractivity contribution in [3.8, 4) is 0 Å². The first-order chi connectivity index (χ1) is 9.60. The zero-order valence-corrected chi connectivity index (χ0v) is 11.8. The van der Waals surface area contributed by atoms with Gasteiger partial charge >= 0.3 is 6.18 Å². The summed E-state index contributed by atoms with van der Waals surface area (Å²) in [5.74, 6) is -0.550. The third-order valence-corrected chi connectivity index (χ3v) is 4.39. The first-order valence-electron chi connectivity index (χ1n) is 6.02. The molecule has 1 aromatic rings. The van der Waals surface area contributed by atoms with Crippen molar-refractivity contribution in [2.24, 2.45) is 0 Å². The van der Waals surface area contributed by atoms with Crippen LogP contribution in [0.15, 0.2) is 24.3 Å². The highest BCUT2D eigenvalue weighted by atomic mass is 32.2. The van der Waals surface area contributed by atoms with E-state index < -0.39 is 33.7 Å². The van der Waals surface area contributed by atoms with Crippen LogP contribution in [0.1, 0.15) is 17.2 Å². The molecule has 1 fully saturated rings. The van der Waals surface area contributed by atoms with Crippen molar-refractivity contribution in [2.75, 3.05) is 19.3 Å². The van der Waals surface area contributed by atoms with Crippen LogP contribution in [0, 0.1) is 0 Å². The number of nitrogens with zero attached hydrogens (tertiary/aromatic N) is 1. The fourth-order valence-electron chi connectivity index (χ4n) is 2.18. The van der Waals surface area contributed by atoms with Crippen LogP contribution in [0.3, 0.4) is 0 Å². The highest BCUT2D eigenvalue weighted by Crippen LogP contribution is 2.31. The minimum absolute atomic E-state index is 0.0796. The summed E-state index contributed by atoms with van der Waals surface area (Å²) in [6.07, 6.45) is -3.52. The molecule has 0 aromatic heterocycles. The summed E-state index contributed by atoms with van der Waals surface area (Å²) in [7, 11) is -3.64. The van der Waals surface area contributed by atoms with Gasteiger partial charge < -0.3 is 5.32 Å². The van der Waals surface area contributed by atoms with E-state index in [-0.39, 0.29) is 18.7 Å². The lowest BCUT2D eigenvalue weighted by Gasteiger charge is -2.33. The van der Waals surface area contributed by atoms with E-state index in [1.807, 2.05) is 0 Å². The maximum atomic E-state index is 12.5. The summed E-state index contributed by atoms with van der Waals surface area (Å²) in [6, 6.07) is 2.76. The van der Waals surface area contributed by atoms with Gasteiger partial charge in [-0.2, -0.15) is 17.5 Å². The SMILES string of the molecule is CS(=O)(=O)N1CCNC(=O)C1c1ccc(C(F)(F)F)cc1. The van der Waals surface area contributed by atoms with Crippen LogP contribution in [-0.2, 0) is 21.0 Å². The second kappa shape index (κ2) is 5.30. The van der Waals surface area contributed by atoms with E-state index >= 15 is 0 Å². The molecule has 1 unspecified atom stereocenters. The number of amides is 1. The number of hydrogen-bond donors (Lipinski definition) is 1. The second-order valence-electron chi connectivity index (χ2n) is 4.69. The number of sulfonamides is 1. The summed E-state index contributed by atoms with van der Waals surface area (Å²) in [4.78, 5) is 11.9. The molecule has 0 aliphatic carbocycles. The lowest BCUT2D eigenvalue weighted by Crippen LogP contribution is -2.51. The molecule has 0 bridgehead atoms. The number of piperazine rings is 1. The van der Waals surface area contributed by atoms with E-state index in [0.29, 0.717) is 0 Å². The molecule has 0 saturated carbocycles. The van der Waals surface area contributed by atoms with Gasteiger partial charge in [0.15, 0.2) is 0 Å². The third kappa shape index (κ3) is 3.35. The first-order valence-corrected chi connectivity index (χ1v) is 7.87. The molecule has 9 heteroatoms. The van der Waals surface area contributed by atoms with Gasteiger partial charge in [0.05, 0.1) is 11.8 Å². The highest BCUT2D eigenvalue weighted by Gasteiger charge is 2.37. The Bertz CT molecular complexity index is 641. The predicted octanol–water partition coefficient (Wildman–Crippen LogP) is 1.14. The van der Waals surface area contributed by atoms with Crippen molar-refractivity contribution in [2.45, 2.75) is 12.2 Å². The number of hydrogen-bond acceptors (Lipinski definition) is 3. The van der Waals surface area contributed by atoms with Gasteiger partial charge in [0.1, 0.15) is 6.04 Å². The Kier molecular flexibility index (Phi) is 3.98. The highest BCUT2D eigenvalue weighted by molar-refractivity contribution is 7.88. The molecule has 1 aliphatic rings. The van der Waals surface area contributed by atoms with E-state index in [9.17, 15) is 26.4 Å². The van der Waals surface area contributed by atoms with Gasteiger partial charge in [-0.3, -0.25) is 4.79 Å². The van der Waals surface area contributed by atoms with Gasteiger partial charge in [0.2, 0.25) is 15.9 Å². The van der Waals surface area contributed by atoms with E-state index in [0.717, 1.165) is 34.8 Å². The van der Waals surface area contributed by atoms with Crippen LogP contribution < -0.4 is 5.32 Å². The van der Waals surface area contributed by atoms with Crippen molar-refractivity contribution < 1.29 is 26.4 Å². The molecule has 1 aliphatic heterocycles. The zero-order valence-electron chi connectivity index (χ0n) is 11.0.